The molecule has 1 aromatic heterocycles. The number of likely N-dealkylation sites (tertiary alicyclic amines) is 1. The third-order valence-corrected chi connectivity index (χ3v) is 5.82. The molecular weight excluding hydrogens is 390 g/mol. The Hall–Kier alpha value is -1.50. The number of nitrogens with one attached hydrogen (secondary N) is 1. The van der Waals surface area contributed by atoms with E-state index in [4.69, 9.17) is 0 Å². The van der Waals surface area contributed by atoms with Crippen molar-refractivity contribution in [3.8, 4) is 0 Å². The van der Waals surface area contributed by atoms with Crippen LogP contribution in [0, 0.1) is 25.1 Å². The van der Waals surface area contributed by atoms with Crippen LogP contribution in [0.3, 0.4) is 0 Å². The van der Waals surface area contributed by atoms with Crippen LogP contribution in [0.1, 0.15) is 41.0 Å². The number of carbonyl (C=O) groups excluding carboxylic acids is 1. The predicted octanol–water partition coefficient (Wildman–Crippen LogP) is 3.45. The Bertz CT molecular complexity index is 845. The zero-order valence-electron chi connectivity index (χ0n) is 15.5. The highest BCUT2D eigenvalue weighted by atomic mass is 35.5. The molecule has 2 aliphatic rings. The average Bonchev–Trinajstić information content (AvgIpc) is 3.04. The van der Waals surface area contributed by atoms with Gasteiger partial charge in [0.25, 0.3) is 5.91 Å². The van der Waals surface area contributed by atoms with Crippen LogP contribution < -0.4 is 5.32 Å². The van der Waals surface area contributed by atoms with Crippen molar-refractivity contribution in [2.24, 2.45) is 5.41 Å². The van der Waals surface area contributed by atoms with Gasteiger partial charge >= 0.3 is 0 Å². The number of benzene rings is 1. The maximum Gasteiger partial charge on any atom is 0.256 e. The zero-order valence-corrected chi connectivity index (χ0v) is 17.2. The van der Waals surface area contributed by atoms with Gasteiger partial charge in [0, 0.05) is 25.7 Å². The molecule has 2 fully saturated rings. The summed E-state index contributed by atoms with van der Waals surface area (Å²) in [6.45, 7) is 7.25. The molecule has 1 amide bonds. The molecule has 8 heteroatoms. The van der Waals surface area contributed by atoms with Crippen LogP contribution in [-0.2, 0) is 0 Å². The molecule has 1 aromatic carbocycles. The topological polar surface area (TPSA) is 58.1 Å². The molecule has 0 atom stereocenters. The highest BCUT2D eigenvalue weighted by Gasteiger charge is 2.38. The normalized spacial score (nSPS) is 18.3. The van der Waals surface area contributed by atoms with Gasteiger partial charge in [-0.25, -0.2) is 14.4 Å². The van der Waals surface area contributed by atoms with Gasteiger partial charge in [-0.15, -0.1) is 24.8 Å². The first-order valence-corrected chi connectivity index (χ1v) is 8.92. The predicted molar refractivity (Wildman–Crippen MR) is 109 cm³/mol. The molecule has 0 aliphatic carbocycles. The lowest BCUT2D eigenvalue weighted by atomic mass is 9.78. The van der Waals surface area contributed by atoms with E-state index in [1.807, 2.05) is 18.7 Å². The van der Waals surface area contributed by atoms with Crippen LogP contribution in [0.2, 0.25) is 0 Å². The summed E-state index contributed by atoms with van der Waals surface area (Å²) >= 11 is 0. The summed E-state index contributed by atoms with van der Waals surface area (Å²) in [7, 11) is 0. The first-order valence-electron chi connectivity index (χ1n) is 8.92. The third-order valence-electron chi connectivity index (χ3n) is 5.82. The van der Waals surface area contributed by atoms with Crippen LogP contribution in [-0.4, -0.2) is 47.0 Å². The number of fused-ring (bicyclic) bond motifs is 1. The largest absolute Gasteiger partial charge is 0.339 e. The lowest BCUT2D eigenvalue weighted by Crippen LogP contribution is -2.44. The van der Waals surface area contributed by atoms with Crippen LogP contribution >= 0.6 is 24.8 Å². The smallest absolute Gasteiger partial charge is 0.256 e. The Morgan fingerprint density at radius 3 is 2.41 bits per heavy atom. The van der Waals surface area contributed by atoms with Crippen molar-refractivity contribution in [3.05, 3.63) is 34.9 Å². The Balaban J connectivity index is 0.00000131. The van der Waals surface area contributed by atoms with Gasteiger partial charge in [0.2, 0.25) is 0 Å². The van der Waals surface area contributed by atoms with E-state index in [0.29, 0.717) is 22.0 Å². The van der Waals surface area contributed by atoms with Gasteiger partial charge in [-0.1, -0.05) is 0 Å². The molecule has 3 heterocycles. The maximum absolute atomic E-state index is 14.1. The number of piperidine rings is 1. The number of nitrogens with zero attached hydrogens (tertiary/aromatic N) is 3. The van der Waals surface area contributed by atoms with Crippen molar-refractivity contribution in [2.75, 3.05) is 26.2 Å². The summed E-state index contributed by atoms with van der Waals surface area (Å²) in [6, 6.07) is 2.65. The monoisotopic (exact) mass is 414 g/mol. The number of hydrogen-bond donors (Lipinski definition) is 1. The van der Waals surface area contributed by atoms with Crippen molar-refractivity contribution >= 4 is 41.8 Å². The Morgan fingerprint density at radius 1 is 1.11 bits per heavy atom. The molecule has 148 valence electrons. The van der Waals surface area contributed by atoms with Crippen LogP contribution in [0.5, 0.6) is 0 Å². The van der Waals surface area contributed by atoms with Gasteiger partial charge in [0.05, 0.1) is 22.5 Å². The van der Waals surface area contributed by atoms with E-state index < -0.39 is 5.82 Å². The minimum Gasteiger partial charge on any atom is -0.339 e. The van der Waals surface area contributed by atoms with E-state index >= 15 is 0 Å². The molecule has 27 heavy (non-hydrogen) atoms. The molecule has 0 saturated carbocycles. The van der Waals surface area contributed by atoms with E-state index in [0.717, 1.165) is 50.4 Å². The molecule has 4 rings (SSSR count). The standard InChI is InChI=1S/C19H23FN4O.2ClH/c1-12-13(2)23-17-15(9-14(20)10-16(17)22-12)18(25)24-7-4-19(5-8-24)3-6-21-11-19;;/h9-10,21H,3-8,11H2,1-2H3;2*1H. The fourth-order valence-electron chi connectivity index (χ4n) is 4.04. The van der Waals surface area contributed by atoms with Crippen molar-refractivity contribution in [3.63, 3.8) is 0 Å². The summed E-state index contributed by atoms with van der Waals surface area (Å²) < 4.78 is 14.1. The van der Waals surface area contributed by atoms with E-state index in [2.05, 4.69) is 15.3 Å². The summed E-state index contributed by atoms with van der Waals surface area (Å²) in [5, 5.41) is 3.43. The van der Waals surface area contributed by atoms with Crippen LogP contribution in [0.4, 0.5) is 4.39 Å². The first kappa shape index (κ1) is 21.8. The number of aryl methyl sites for hydroxylation is 2. The van der Waals surface area contributed by atoms with Gasteiger partial charge in [0.15, 0.2) is 0 Å². The maximum atomic E-state index is 14.1. The molecule has 2 aromatic rings. The molecule has 2 aliphatic heterocycles. The molecule has 5 nitrogen and oxygen atoms in total. The number of aromatic nitrogens is 2. The second-order valence-corrected chi connectivity index (χ2v) is 7.43. The SMILES string of the molecule is Cc1nc2cc(F)cc(C(=O)N3CCC4(CCNC4)CC3)c2nc1C.Cl.Cl. The number of halogens is 3. The lowest BCUT2D eigenvalue weighted by molar-refractivity contribution is 0.0609. The fourth-order valence-corrected chi connectivity index (χ4v) is 4.04. The van der Waals surface area contributed by atoms with Crippen LogP contribution in [0.25, 0.3) is 11.0 Å². The summed E-state index contributed by atoms with van der Waals surface area (Å²) in [5.41, 5.74) is 3.13. The first-order chi connectivity index (χ1) is 12.0. The highest BCUT2D eigenvalue weighted by Crippen LogP contribution is 2.37. The second-order valence-electron chi connectivity index (χ2n) is 7.43. The fraction of sp³-hybridized carbons (Fsp3) is 0.526. The van der Waals surface area contributed by atoms with Gasteiger partial charge in [-0.2, -0.15) is 0 Å². The van der Waals surface area contributed by atoms with Crippen LogP contribution in [0.15, 0.2) is 12.1 Å². The Morgan fingerprint density at radius 2 is 1.78 bits per heavy atom. The summed E-state index contributed by atoms with van der Waals surface area (Å²) in [5.74, 6) is -0.579. The molecule has 0 unspecified atom stereocenters. The van der Waals surface area contributed by atoms with E-state index in [-0.39, 0.29) is 30.7 Å². The molecule has 1 spiro atoms. The minimum atomic E-state index is -0.443. The third kappa shape index (κ3) is 4.03. The molecule has 1 N–H and O–H groups in total. The van der Waals surface area contributed by atoms with Crippen molar-refractivity contribution < 1.29 is 9.18 Å². The second kappa shape index (κ2) is 8.25. The summed E-state index contributed by atoms with van der Waals surface area (Å²) in [6.07, 6.45) is 3.19. The van der Waals surface area contributed by atoms with Gasteiger partial charge < -0.3 is 10.2 Å². The van der Waals surface area contributed by atoms with Gasteiger partial charge in [-0.3, -0.25) is 4.79 Å². The number of rotatable bonds is 1. The van der Waals surface area contributed by atoms with Crippen molar-refractivity contribution in [1.82, 2.24) is 20.2 Å². The van der Waals surface area contributed by atoms with Crippen molar-refractivity contribution in [2.45, 2.75) is 33.1 Å². The molecular formula is C19H25Cl2FN4O. The Kier molecular flexibility index (Phi) is 6.66. The Labute approximate surface area is 170 Å². The van der Waals surface area contributed by atoms with Crippen molar-refractivity contribution in [1.29, 1.82) is 0 Å². The lowest BCUT2D eigenvalue weighted by Gasteiger charge is -2.39. The van der Waals surface area contributed by atoms with Gasteiger partial charge in [0.1, 0.15) is 11.3 Å². The molecule has 0 bridgehead atoms. The van der Waals surface area contributed by atoms with E-state index in [9.17, 15) is 9.18 Å². The van der Waals surface area contributed by atoms with E-state index in [1.165, 1.54) is 18.6 Å². The quantitative estimate of drug-likeness (QED) is 0.775. The number of carbonyl (C=O) groups is 1. The average molecular weight is 415 g/mol. The minimum absolute atomic E-state index is 0. The number of hydrogen-bond acceptors (Lipinski definition) is 4. The molecule has 2 saturated heterocycles. The van der Waals surface area contributed by atoms with Gasteiger partial charge in [-0.05, 0) is 51.1 Å². The number of amides is 1. The highest BCUT2D eigenvalue weighted by molar-refractivity contribution is 6.04. The van der Waals surface area contributed by atoms with E-state index in [1.54, 1.807) is 0 Å². The summed E-state index contributed by atoms with van der Waals surface area (Å²) in [4.78, 5) is 23.8. The zero-order chi connectivity index (χ0) is 17.6. The molecule has 0 radical (unpaired) electrons.